The Balaban J connectivity index is 2.11. The Morgan fingerprint density at radius 2 is 2.12 bits per heavy atom. The highest BCUT2D eigenvalue weighted by molar-refractivity contribution is 5.79. The van der Waals surface area contributed by atoms with Crippen LogP contribution in [0.3, 0.4) is 0 Å². The van der Waals surface area contributed by atoms with E-state index in [-0.39, 0.29) is 5.75 Å². The SMILES string of the molecule is O=Cc1cccc(CN2CCOCC2)c1O. The van der Waals surface area contributed by atoms with Gasteiger partial charge in [-0.1, -0.05) is 12.1 Å². The lowest BCUT2D eigenvalue weighted by Crippen LogP contribution is -2.35. The number of carbonyl (C=O) groups is 1. The number of aldehydes is 1. The number of rotatable bonds is 3. The third-order valence-electron chi connectivity index (χ3n) is 2.78. The van der Waals surface area contributed by atoms with Crippen LogP contribution < -0.4 is 0 Å². The summed E-state index contributed by atoms with van der Waals surface area (Å²) in [6.45, 7) is 3.86. The molecule has 1 fully saturated rings. The molecule has 1 aliphatic rings. The van der Waals surface area contributed by atoms with Crippen LogP contribution in [-0.2, 0) is 11.3 Å². The first-order valence-corrected chi connectivity index (χ1v) is 5.37. The molecule has 86 valence electrons. The number of aromatic hydroxyl groups is 1. The Hall–Kier alpha value is -1.39. The number of morpholine rings is 1. The third kappa shape index (κ3) is 2.40. The summed E-state index contributed by atoms with van der Waals surface area (Å²) in [6, 6.07) is 5.25. The number of carbonyl (C=O) groups excluding carboxylic acids is 1. The van der Waals surface area contributed by atoms with Crippen LogP contribution in [0, 0.1) is 0 Å². The quantitative estimate of drug-likeness (QED) is 0.775. The van der Waals surface area contributed by atoms with Crippen molar-refractivity contribution in [2.24, 2.45) is 0 Å². The minimum absolute atomic E-state index is 0.101. The van der Waals surface area contributed by atoms with Crippen LogP contribution in [0.1, 0.15) is 15.9 Å². The first kappa shape index (κ1) is 11.1. The Morgan fingerprint density at radius 3 is 2.81 bits per heavy atom. The van der Waals surface area contributed by atoms with Gasteiger partial charge in [0.25, 0.3) is 0 Å². The molecule has 0 unspecified atom stereocenters. The molecule has 0 amide bonds. The van der Waals surface area contributed by atoms with Gasteiger partial charge in [0.1, 0.15) is 5.75 Å². The topological polar surface area (TPSA) is 49.8 Å². The van der Waals surface area contributed by atoms with E-state index in [1.807, 2.05) is 6.07 Å². The monoisotopic (exact) mass is 221 g/mol. The third-order valence-corrected chi connectivity index (χ3v) is 2.78. The van der Waals surface area contributed by atoms with Crippen molar-refractivity contribution in [1.29, 1.82) is 0 Å². The van der Waals surface area contributed by atoms with Gasteiger partial charge < -0.3 is 9.84 Å². The normalized spacial score (nSPS) is 17.2. The molecule has 1 saturated heterocycles. The number of phenolic OH excluding ortho intramolecular Hbond substituents is 1. The molecule has 1 aromatic carbocycles. The van der Waals surface area contributed by atoms with E-state index in [2.05, 4.69) is 4.90 Å². The van der Waals surface area contributed by atoms with Crippen molar-refractivity contribution in [3.05, 3.63) is 29.3 Å². The molecule has 1 aromatic rings. The van der Waals surface area contributed by atoms with Gasteiger partial charge in [0.15, 0.2) is 6.29 Å². The van der Waals surface area contributed by atoms with Crippen molar-refractivity contribution in [2.45, 2.75) is 6.54 Å². The zero-order valence-electron chi connectivity index (χ0n) is 9.06. The molecule has 16 heavy (non-hydrogen) atoms. The predicted octanol–water partition coefficient (Wildman–Crippen LogP) is 1.04. The maximum absolute atomic E-state index is 10.7. The maximum atomic E-state index is 10.7. The Labute approximate surface area is 94.4 Å². The van der Waals surface area contributed by atoms with Crippen molar-refractivity contribution < 1.29 is 14.6 Å². The average molecular weight is 221 g/mol. The fraction of sp³-hybridized carbons (Fsp3) is 0.417. The molecular formula is C12H15NO3. The number of benzene rings is 1. The summed E-state index contributed by atoms with van der Waals surface area (Å²) >= 11 is 0. The maximum Gasteiger partial charge on any atom is 0.153 e. The van der Waals surface area contributed by atoms with Crippen LogP contribution >= 0.6 is 0 Å². The summed E-state index contributed by atoms with van der Waals surface area (Å²) < 4.78 is 5.25. The summed E-state index contributed by atoms with van der Waals surface area (Å²) in [5.74, 6) is 0.101. The highest BCUT2D eigenvalue weighted by Crippen LogP contribution is 2.22. The zero-order valence-corrected chi connectivity index (χ0v) is 9.06. The van der Waals surface area contributed by atoms with Gasteiger partial charge in [-0.2, -0.15) is 0 Å². The lowest BCUT2D eigenvalue weighted by atomic mass is 10.1. The number of hydrogen-bond acceptors (Lipinski definition) is 4. The lowest BCUT2D eigenvalue weighted by Gasteiger charge is -2.26. The number of para-hydroxylation sites is 1. The fourth-order valence-corrected chi connectivity index (χ4v) is 1.83. The lowest BCUT2D eigenvalue weighted by molar-refractivity contribution is 0.0338. The molecule has 0 bridgehead atoms. The molecule has 0 saturated carbocycles. The first-order chi connectivity index (χ1) is 7.81. The van der Waals surface area contributed by atoms with Gasteiger partial charge in [0.2, 0.25) is 0 Å². The number of ether oxygens (including phenoxy) is 1. The summed E-state index contributed by atoms with van der Waals surface area (Å²) in [5, 5.41) is 9.83. The van der Waals surface area contributed by atoms with Crippen LogP contribution in [-0.4, -0.2) is 42.6 Å². The van der Waals surface area contributed by atoms with Crippen molar-refractivity contribution >= 4 is 6.29 Å². The smallest absolute Gasteiger partial charge is 0.153 e. The largest absolute Gasteiger partial charge is 0.507 e. The second kappa shape index (κ2) is 5.09. The van der Waals surface area contributed by atoms with E-state index in [4.69, 9.17) is 4.74 Å². The van der Waals surface area contributed by atoms with E-state index in [0.29, 0.717) is 18.4 Å². The van der Waals surface area contributed by atoms with Gasteiger partial charge in [-0.15, -0.1) is 0 Å². The standard InChI is InChI=1S/C12H15NO3/c14-9-11-3-1-2-10(12(11)15)8-13-4-6-16-7-5-13/h1-3,9,15H,4-8H2. The van der Waals surface area contributed by atoms with E-state index in [1.54, 1.807) is 12.1 Å². The number of hydrogen-bond donors (Lipinski definition) is 1. The molecule has 0 aromatic heterocycles. The number of nitrogens with zero attached hydrogens (tertiary/aromatic N) is 1. The second-order valence-electron chi connectivity index (χ2n) is 3.86. The number of phenols is 1. The van der Waals surface area contributed by atoms with Crippen molar-refractivity contribution in [3.8, 4) is 5.75 Å². The van der Waals surface area contributed by atoms with Crippen molar-refractivity contribution in [1.82, 2.24) is 4.90 Å². The van der Waals surface area contributed by atoms with Crippen molar-refractivity contribution in [3.63, 3.8) is 0 Å². The minimum atomic E-state index is 0.101. The highest BCUT2D eigenvalue weighted by atomic mass is 16.5. The minimum Gasteiger partial charge on any atom is -0.507 e. The van der Waals surface area contributed by atoms with Crippen LogP contribution in [0.4, 0.5) is 0 Å². The molecule has 4 heteroatoms. The predicted molar refractivity (Wildman–Crippen MR) is 59.6 cm³/mol. The van der Waals surface area contributed by atoms with E-state index < -0.39 is 0 Å². The molecule has 1 N–H and O–H groups in total. The van der Waals surface area contributed by atoms with Gasteiger partial charge in [0.05, 0.1) is 18.8 Å². The summed E-state index contributed by atoms with van der Waals surface area (Å²) in [5.41, 5.74) is 1.15. The zero-order chi connectivity index (χ0) is 11.4. The van der Waals surface area contributed by atoms with Crippen LogP contribution in [0.15, 0.2) is 18.2 Å². The highest BCUT2D eigenvalue weighted by Gasteiger charge is 2.13. The molecule has 4 nitrogen and oxygen atoms in total. The molecule has 1 aliphatic heterocycles. The van der Waals surface area contributed by atoms with Crippen LogP contribution in [0.25, 0.3) is 0 Å². The molecule has 0 spiro atoms. The second-order valence-corrected chi connectivity index (χ2v) is 3.86. The van der Waals surface area contributed by atoms with Crippen molar-refractivity contribution in [2.75, 3.05) is 26.3 Å². The summed E-state index contributed by atoms with van der Waals surface area (Å²) in [6.07, 6.45) is 0.679. The summed E-state index contributed by atoms with van der Waals surface area (Å²) in [4.78, 5) is 12.9. The Kier molecular flexibility index (Phi) is 3.54. The molecule has 0 atom stereocenters. The van der Waals surface area contributed by atoms with Gasteiger partial charge >= 0.3 is 0 Å². The average Bonchev–Trinajstić information content (AvgIpc) is 2.33. The molecule has 1 heterocycles. The van der Waals surface area contributed by atoms with Gasteiger partial charge in [-0.05, 0) is 6.07 Å². The van der Waals surface area contributed by atoms with E-state index >= 15 is 0 Å². The summed E-state index contributed by atoms with van der Waals surface area (Å²) in [7, 11) is 0. The van der Waals surface area contributed by atoms with Crippen LogP contribution in [0.5, 0.6) is 5.75 Å². The fourth-order valence-electron chi connectivity index (χ4n) is 1.83. The van der Waals surface area contributed by atoms with E-state index in [0.717, 1.165) is 31.9 Å². The Morgan fingerprint density at radius 1 is 1.38 bits per heavy atom. The van der Waals surface area contributed by atoms with Gasteiger partial charge in [-0.25, -0.2) is 0 Å². The van der Waals surface area contributed by atoms with Crippen LogP contribution in [0.2, 0.25) is 0 Å². The molecule has 2 rings (SSSR count). The molecular weight excluding hydrogens is 206 g/mol. The van der Waals surface area contributed by atoms with Gasteiger partial charge in [0, 0.05) is 25.2 Å². The van der Waals surface area contributed by atoms with E-state index in [9.17, 15) is 9.90 Å². The first-order valence-electron chi connectivity index (χ1n) is 5.37. The van der Waals surface area contributed by atoms with Gasteiger partial charge in [-0.3, -0.25) is 9.69 Å². The Bertz CT molecular complexity index is 373. The molecule has 0 radical (unpaired) electrons. The molecule has 0 aliphatic carbocycles. The van der Waals surface area contributed by atoms with E-state index in [1.165, 1.54) is 0 Å².